The number of ether oxygens (including phenoxy) is 3. The van der Waals surface area contributed by atoms with E-state index in [4.69, 9.17) is 14.2 Å². The van der Waals surface area contributed by atoms with Crippen LogP contribution < -0.4 is 0 Å². The second-order valence-electron chi connectivity index (χ2n) is 8.37. The molecule has 1 rings (SSSR count). The Morgan fingerprint density at radius 1 is 1.10 bits per heavy atom. The Morgan fingerprint density at radius 3 is 1.93 bits per heavy atom. The summed E-state index contributed by atoms with van der Waals surface area (Å²) in [6.07, 6.45) is 2.61. The van der Waals surface area contributed by atoms with Gasteiger partial charge in [-0.3, -0.25) is 0 Å². The minimum Gasteiger partial charge on any atom is -0.612 e. The highest BCUT2D eigenvalue weighted by molar-refractivity contribution is 7.90. The lowest BCUT2D eigenvalue weighted by Gasteiger charge is -2.32. The summed E-state index contributed by atoms with van der Waals surface area (Å²) < 4.78 is 28.6. The fourth-order valence-electron chi connectivity index (χ4n) is 2.25. The van der Waals surface area contributed by atoms with Gasteiger partial charge in [0, 0.05) is 12.3 Å². The van der Waals surface area contributed by atoms with Gasteiger partial charge in [-0.15, -0.1) is 0 Å². The van der Waals surface area contributed by atoms with Crippen LogP contribution in [0.5, 0.6) is 0 Å². The molecule has 0 aliphatic heterocycles. The van der Waals surface area contributed by atoms with Crippen LogP contribution in [0.25, 0.3) is 0 Å². The normalized spacial score (nSPS) is 14.0. The number of amides is 2. The van der Waals surface area contributed by atoms with Gasteiger partial charge in [0.1, 0.15) is 17.5 Å². The van der Waals surface area contributed by atoms with E-state index in [0.717, 1.165) is 7.11 Å². The number of hydrogen-bond acceptors (Lipinski definition) is 7. The molecule has 0 aliphatic carbocycles. The number of aromatic nitrogens is 1. The molecule has 1 heterocycles. The van der Waals surface area contributed by atoms with E-state index >= 15 is 0 Å². The maximum Gasteiger partial charge on any atom is 0.420 e. The van der Waals surface area contributed by atoms with E-state index in [1.165, 1.54) is 6.26 Å². The summed E-state index contributed by atoms with van der Waals surface area (Å²) in [7, 11) is 1.15. The van der Waals surface area contributed by atoms with Crippen molar-refractivity contribution in [1.82, 2.24) is 9.47 Å². The molecule has 0 aliphatic rings. The molecule has 1 aromatic heterocycles. The minimum atomic E-state index is -1.35. The molecule has 9 nitrogen and oxygen atoms in total. The molecule has 0 bridgehead atoms. The van der Waals surface area contributed by atoms with E-state index in [0.29, 0.717) is 9.80 Å². The molecule has 0 saturated carbocycles. The Hall–Kier alpha value is -2.20. The zero-order valence-corrected chi connectivity index (χ0v) is 19.0. The smallest absolute Gasteiger partial charge is 0.420 e. The Balaban J connectivity index is 3.31. The molecular weight excluding hydrogens is 400 g/mol. The number of methoxy groups -OCH3 is 1. The van der Waals surface area contributed by atoms with Gasteiger partial charge in [-0.2, -0.15) is 4.90 Å². The van der Waals surface area contributed by atoms with Crippen LogP contribution in [-0.2, 0) is 36.7 Å². The van der Waals surface area contributed by atoms with Crippen LogP contribution in [0.3, 0.4) is 0 Å². The van der Waals surface area contributed by atoms with Crippen molar-refractivity contribution in [3.8, 4) is 0 Å². The molecule has 2 atom stereocenters. The van der Waals surface area contributed by atoms with Crippen LogP contribution in [0.2, 0.25) is 0 Å². The number of hydrogen-bond donors (Lipinski definition) is 0. The standard InChI is InChI=1S/C19H30N2O7S/c1-18(2,3)27-16(23)21(17(24)28-19(4,5)6)14(15(22)26-7)12-20-10-9-13(11-20)29(8)25/h9-11,14H,12H2,1-8H3. The van der Waals surface area contributed by atoms with Gasteiger partial charge >= 0.3 is 18.2 Å². The van der Waals surface area contributed by atoms with Crippen molar-refractivity contribution >= 4 is 29.3 Å². The monoisotopic (exact) mass is 430 g/mol. The van der Waals surface area contributed by atoms with Crippen molar-refractivity contribution in [1.29, 1.82) is 0 Å². The van der Waals surface area contributed by atoms with Crippen molar-refractivity contribution in [2.45, 2.75) is 70.2 Å². The average molecular weight is 431 g/mol. The number of rotatable bonds is 5. The number of carbonyl (C=O) groups is 3. The van der Waals surface area contributed by atoms with Crippen molar-refractivity contribution in [2.75, 3.05) is 13.4 Å². The molecule has 2 unspecified atom stereocenters. The van der Waals surface area contributed by atoms with Crippen LogP contribution in [0.4, 0.5) is 9.59 Å². The molecule has 0 N–H and O–H groups in total. The molecule has 10 heteroatoms. The quantitative estimate of drug-likeness (QED) is 0.401. The van der Waals surface area contributed by atoms with Crippen LogP contribution >= 0.6 is 0 Å². The van der Waals surface area contributed by atoms with Crippen molar-refractivity contribution < 1.29 is 33.1 Å². The molecule has 0 spiro atoms. The third kappa shape index (κ3) is 7.98. The highest BCUT2D eigenvalue weighted by atomic mass is 32.2. The summed E-state index contributed by atoms with van der Waals surface area (Å²) in [6.45, 7) is 9.71. The van der Waals surface area contributed by atoms with E-state index in [1.807, 2.05) is 0 Å². The van der Waals surface area contributed by atoms with Gasteiger partial charge in [-0.05, 0) is 52.7 Å². The third-order valence-corrected chi connectivity index (χ3v) is 4.31. The Morgan fingerprint density at radius 2 is 1.59 bits per heavy atom. The maximum absolute atomic E-state index is 12.8. The first-order valence-electron chi connectivity index (χ1n) is 8.97. The first-order valence-corrected chi connectivity index (χ1v) is 10.5. The zero-order chi connectivity index (χ0) is 22.6. The molecule has 2 amide bonds. The summed E-state index contributed by atoms with van der Waals surface area (Å²) in [5.41, 5.74) is -1.81. The Kier molecular flexibility index (Phi) is 8.16. The van der Waals surface area contributed by atoms with E-state index < -0.39 is 46.6 Å². The molecule has 1 aromatic rings. The van der Waals surface area contributed by atoms with Crippen molar-refractivity contribution in [3.05, 3.63) is 18.5 Å². The van der Waals surface area contributed by atoms with Gasteiger partial charge in [0.15, 0.2) is 10.9 Å². The lowest BCUT2D eigenvalue weighted by Crippen LogP contribution is -2.53. The summed E-state index contributed by atoms with van der Waals surface area (Å²) in [5, 5.41) is 0. The zero-order valence-electron chi connectivity index (χ0n) is 18.2. The molecule has 29 heavy (non-hydrogen) atoms. The second-order valence-corrected chi connectivity index (χ2v) is 9.75. The van der Waals surface area contributed by atoms with Crippen molar-refractivity contribution in [3.63, 3.8) is 0 Å². The lowest BCUT2D eigenvalue weighted by molar-refractivity contribution is -0.147. The molecule has 0 radical (unpaired) electrons. The molecule has 164 valence electrons. The van der Waals surface area contributed by atoms with E-state index in [2.05, 4.69) is 0 Å². The fraction of sp³-hybridized carbons (Fsp3) is 0.632. The highest BCUT2D eigenvalue weighted by Gasteiger charge is 2.41. The Bertz CT molecular complexity index is 704. The van der Waals surface area contributed by atoms with Gasteiger partial charge in [0.05, 0.1) is 19.9 Å². The van der Waals surface area contributed by atoms with Crippen LogP contribution in [0.1, 0.15) is 41.5 Å². The van der Waals surface area contributed by atoms with Gasteiger partial charge in [0.2, 0.25) is 0 Å². The summed E-state index contributed by atoms with van der Waals surface area (Å²) >= 11 is -1.22. The van der Waals surface area contributed by atoms with E-state index in [1.54, 1.807) is 64.6 Å². The van der Waals surface area contributed by atoms with Crippen LogP contribution in [-0.4, -0.2) is 62.8 Å². The van der Waals surface area contributed by atoms with Crippen LogP contribution in [0.15, 0.2) is 23.4 Å². The maximum atomic E-state index is 12.8. The molecular formula is C19H30N2O7S. The van der Waals surface area contributed by atoms with Crippen molar-refractivity contribution in [2.24, 2.45) is 0 Å². The first kappa shape index (κ1) is 24.8. The minimum absolute atomic E-state index is 0.123. The largest absolute Gasteiger partial charge is 0.612 e. The molecule has 0 saturated heterocycles. The molecule has 0 fully saturated rings. The highest BCUT2D eigenvalue weighted by Crippen LogP contribution is 2.19. The first-order chi connectivity index (χ1) is 13.1. The third-order valence-electron chi connectivity index (χ3n) is 3.40. The van der Waals surface area contributed by atoms with Gasteiger partial charge in [-0.25, -0.2) is 14.4 Å². The Labute approximate surface area is 174 Å². The molecule has 0 aromatic carbocycles. The average Bonchev–Trinajstić information content (AvgIpc) is 2.98. The predicted octanol–water partition coefficient (Wildman–Crippen LogP) is 2.94. The second kappa shape index (κ2) is 9.53. The fourth-order valence-corrected chi connectivity index (χ4v) is 2.79. The number of nitrogens with zero attached hydrogens (tertiary/aromatic N) is 2. The number of carbonyl (C=O) groups excluding carboxylic acids is 3. The topological polar surface area (TPSA) is 110 Å². The lowest BCUT2D eigenvalue weighted by atomic mass is 10.2. The van der Waals surface area contributed by atoms with E-state index in [9.17, 15) is 18.9 Å². The summed E-state index contributed by atoms with van der Waals surface area (Å²) in [6, 6.07) is 0.269. The van der Waals surface area contributed by atoms with E-state index in [-0.39, 0.29) is 6.54 Å². The van der Waals surface area contributed by atoms with Crippen LogP contribution in [0, 0.1) is 0 Å². The van der Waals surface area contributed by atoms with Gasteiger partial charge in [0.25, 0.3) is 0 Å². The number of imide groups is 1. The summed E-state index contributed by atoms with van der Waals surface area (Å²) in [5.74, 6) is -0.824. The predicted molar refractivity (Wildman–Crippen MR) is 107 cm³/mol. The summed E-state index contributed by atoms with van der Waals surface area (Å²) in [4.78, 5) is 39.2. The van der Waals surface area contributed by atoms with Gasteiger partial charge in [-0.1, -0.05) is 0 Å². The SMILES string of the molecule is COC(=O)C(Cn1ccc([S+](C)[O-])c1)N(C(=O)OC(C)(C)C)C(=O)OC(C)(C)C. The number of esters is 1. The van der Waals surface area contributed by atoms with Gasteiger partial charge < -0.3 is 23.3 Å².